The van der Waals surface area contributed by atoms with Crippen LogP contribution in [0.15, 0.2) is 86.9 Å². The quantitative estimate of drug-likeness (QED) is 0.379. The van der Waals surface area contributed by atoms with Crippen LogP contribution in [-0.2, 0) is 10.0 Å². The second kappa shape index (κ2) is 8.49. The fourth-order valence-corrected chi connectivity index (χ4v) is 5.53. The van der Waals surface area contributed by atoms with Crippen molar-refractivity contribution >= 4 is 44.7 Å². The first-order chi connectivity index (χ1) is 14.3. The van der Waals surface area contributed by atoms with E-state index in [4.69, 9.17) is 21.7 Å². The summed E-state index contributed by atoms with van der Waals surface area (Å²) in [5.41, 5.74) is 2.25. The maximum Gasteiger partial charge on any atom is 0.238 e. The van der Waals surface area contributed by atoms with E-state index in [1.54, 1.807) is 24.3 Å². The van der Waals surface area contributed by atoms with Crippen molar-refractivity contribution in [3.8, 4) is 21.7 Å². The molecule has 0 aliphatic carbocycles. The van der Waals surface area contributed by atoms with Crippen molar-refractivity contribution in [2.24, 2.45) is 5.14 Å². The Balaban J connectivity index is 1.78. The Bertz CT molecular complexity index is 1290. The Morgan fingerprint density at radius 1 is 0.900 bits per heavy atom. The van der Waals surface area contributed by atoms with Gasteiger partial charge in [-0.1, -0.05) is 35.5 Å². The summed E-state index contributed by atoms with van der Waals surface area (Å²) < 4.78 is 37.3. The lowest BCUT2D eigenvalue weighted by Gasteiger charge is -2.04. The van der Waals surface area contributed by atoms with Gasteiger partial charge in [-0.15, -0.1) is 11.3 Å². The molecule has 30 heavy (non-hydrogen) atoms. The molecule has 0 bridgehead atoms. The lowest BCUT2D eigenvalue weighted by Crippen LogP contribution is -2.11. The monoisotopic (exact) mass is 476 g/mol. The van der Waals surface area contributed by atoms with Crippen LogP contribution in [0.1, 0.15) is 0 Å². The van der Waals surface area contributed by atoms with E-state index in [1.165, 1.54) is 47.4 Å². The lowest BCUT2D eigenvalue weighted by atomic mass is 10.1. The van der Waals surface area contributed by atoms with Crippen LogP contribution in [0.2, 0.25) is 5.02 Å². The maximum absolute atomic E-state index is 13.4. The summed E-state index contributed by atoms with van der Waals surface area (Å²) in [6.45, 7) is 0. The van der Waals surface area contributed by atoms with Gasteiger partial charge in [0, 0.05) is 15.5 Å². The Morgan fingerprint density at radius 2 is 1.50 bits per heavy atom. The van der Waals surface area contributed by atoms with Crippen LogP contribution in [0.3, 0.4) is 0 Å². The van der Waals surface area contributed by atoms with Crippen molar-refractivity contribution in [3.63, 3.8) is 0 Å². The maximum atomic E-state index is 13.4. The molecule has 152 valence electrons. The molecular weight excluding hydrogens is 463 g/mol. The van der Waals surface area contributed by atoms with Crippen LogP contribution >= 0.6 is 34.7 Å². The van der Waals surface area contributed by atoms with Gasteiger partial charge in [-0.3, -0.25) is 0 Å². The van der Waals surface area contributed by atoms with Gasteiger partial charge in [0.25, 0.3) is 0 Å². The normalized spacial score (nSPS) is 11.6. The standard InChI is InChI=1S/C21H14ClFN2O2S3/c22-15-5-9-17(10-6-15)28-21-25-19(13-1-7-16(23)8-2-13)20(29-21)14-3-11-18(12-4-14)30(24,26)27/h1-12H,(H2,24,26,27). The highest BCUT2D eigenvalue weighted by molar-refractivity contribution is 8.01. The summed E-state index contributed by atoms with van der Waals surface area (Å²) in [4.78, 5) is 6.62. The van der Waals surface area contributed by atoms with Crippen molar-refractivity contribution in [2.45, 2.75) is 14.1 Å². The lowest BCUT2D eigenvalue weighted by molar-refractivity contribution is 0.598. The number of rotatable bonds is 5. The number of hydrogen-bond acceptors (Lipinski definition) is 5. The van der Waals surface area contributed by atoms with Gasteiger partial charge in [0.2, 0.25) is 10.0 Å². The first-order valence-corrected chi connectivity index (χ1v) is 12.2. The molecule has 0 aliphatic heterocycles. The van der Waals surface area contributed by atoms with E-state index in [1.807, 2.05) is 24.3 Å². The predicted octanol–water partition coefficient (Wildman–Crippen LogP) is 6.07. The van der Waals surface area contributed by atoms with Crippen LogP contribution in [0.4, 0.5) is 4.39 Å². The van der Waals surface area contributed by atoms with Gasteiger partial charge in [-0.25, -0.2) is 22.9 Å². The van der Waals surface area contributed by atoms with Crippen LogP contribution in [0, 0.1) is 5.82 Å². The minimum Gasteiger partial charge on any atom is -0.229 e. The number of nitrogens with two attached hydrogens (primary N) is 1. The van der Waals surface area contributed by atoms with Crippen molar-refractivity contribution in [1.29, 1.82) is 0 Å². The summed E-state index contributed by atoms with van der Waals surface area (Å²) in [5.74, 6) is -0.330. The van der Waals surface area contributed by atoms with Crippen molar-refractivity contribution in [1.82, 2.24) is 4.98 Å². The molecule has 3 aromatic carbocycles. The molecule has 4 rings (SSSR count). The molecule has 0 saturated carbocycles. The molecule has 0 aliphatic rings. The number of halogens is 2. The van der Waals surface area contributed by atoms with Crippen molar-refractivity contribution in [2.75, 3.05) is 0 Å². The number of hydrogen-bond donors (Lipinski definition) is 1. The smallest absolute Gasteiger partial charge is 0.229 e. The topological polar surface area (TPSA) is 73.1 Å². The molecule has 9 heteroatoms. The van der Waals surface area contributed by atoms with Crippen LogP contribution in [0.5, 0.6) is 0 Å². The average Bonchev–Trinajstić information content (AvgIpc) is 3.13. The summed E-state index contributed by atoms with van der Waals surface area (Å²) in [7, 11) is -3.78. The Labute approximate surface area is 186 Å². The molecule has 0 spiro atoms. The van der Waals surface area contributed by atoms with Gasteiger partial charge in [-0.05, 0) is 66.2 Å². The van der Waals surface area contributed by atoms with Gasteiger partial charge in [0.1, 0.15) is 5.82 Å². The minimum atomic E-state index is -3.78. The molecule has 0 unspecified atom stereocenters. The fraction of sp³-hybridized carbons (Fsp3) is 0. The van der Waals surface area contributed by atoms with Gasteiger partial charge in [0.15, 0.2) is 4.34 Å². The summed E-state index contributed by atoms with van der Waals surface area (Å²) in [5, 5.41) is 5.85. The zero-order chi connectivity index (χ0) is 21.3. The molecule has 0 atom stereocenters. The highest BCUT2D eigenvalue weighted by Gasteiger charge is 2.17. The summed E-state index contributed by atoms with van der Waals surface area (Å²) in [6.07, 6.45) is 0. The number of sulfonamides is 1. The Kier molecular flexibility index (Phi) is 5.95. The number of primary sulfonamides is 1. The zero-order valence-corrected chi connectivity index (χ0v) is 18.5. The van der Waals surface area contributed by atoms with Gasteiger partial charge in [-0.2, -0.15) is 0 Å². The highest BCUT2D eigenvalue weighted by Crippen LogP contribution is 2.42. The molecular formula is C21H14ClFN2O2S3. The van der Waals surface area contributed by atoms with Gasteiger partial charge in [0.05, 0.1) is 15.5 Å². The fourth-order valence-electron chi connectivity index (χ4n) is 2.74. The van der Waals surface area contributed by atoms with E-state index < -0.39 is 10.0 Å². The third-order valence-electron chi connectivity index (χ3n) is 4.19. The molecule has 0 radical (unpaired) electrons. The molecule has 1 heterocycles. The largest absolute Gasteiger partial charge is 0.238 e. The SMILES string of the molecule is NS(=O)(=O)c1ccc(-c2sc(Sc3ccc(Cl)cc3)nc2-c2ccc(F)cc2)cc1. The molecule has 0 saturated heterocycles. The van der Waals surface area contributed by atoms with Crippen LogP contribution < -0.4 is 5.14 Å². The number of aromatic nitrogens is 1. The molecule has 4 aromatic rings. The summed E-state index contributed by atoms with van der Waals surface area (Å²) >= 11 is 8.92. The third-order valence-corrected chi connectivity index (χ3v) is 7.54. The minimum absolute atomic E-state index is 0.0369. The van der Waals surface area contributed by atoms with Crippen LogP contribution in [-0.4, -0.2) is 13.4 Å². The highest BCUT2D eigenvalue weighted by atomic mass is 35.5. The van der Waals surface area contributed by atoms with Gasteiger partial charge < -0.3 is 0 Å². The predicted molar refractivity (Wildman–Crippen MR) is 120 cm³/mol. The average molecular weight is 477 g/mol. The van der Waals surface area contributed by atoms with Crippen LogP contribution in [0.25, 0.3) is 21.7 Å². The Hall–Kier alpha value is -2.23. The third kappa shape index (κ3) is 4.74. The van der Waals surface area contributed by atoms with Gasteiger partial charge >= 0.3 is 0 Å². The van der Waals surface area contributed by atoms with E-state index in [2.05, 4.69) is 0 Å². The summed E-state index contributed by atoms with van der Waals surface area (Å²) in [6, 6.07) is 19.9. The number of benzene rings is 3. The van der Waals surface area contributed by atoms with Crippen molar-refractivity contribution < 1.29 is 12.8 Å². The van der Waals surface area contributed by atoms with Crippen molar-refractivity contribution in [3.05, 3.63) is 83.6 Å². The van der Waals surface area contributed by atoms with E-state index in [0.29, 0.717) is 10.7 Å². The van der Waals surface area contributed by atoms with E-state index in [9.17, 15) is 12.8 Å². The molecule has 1 aromatic heterocycles. The van der Waals surface area contributed by atoms with E-state index in [-0.39, 0.29) is 10.7 Å². The Morgan fingerprint density at radius 3 is 2.10 bits per heavy atom. The molecule has 2 N–H and O–H groups in total. The zero-order valence-electron chi connectivity index (χ0n) is 15.2. The second-order valence-electron chi connectivity index (χ2n) is 6.29. The number of nitrogens with zero attached hydrogens (tertiary/aromatic N) is 1. The first-order valence-electron chi connectivity index (χ1n) is 8.63. The van der Waals surface area contributed by atoms with E-state index >= 15 is 0 Å². The molecule has 4 nitrogen and oxygen atoms in total. The number of thiazole rings is 1. The molecule has 0 fully saturated rings. The second-order valence-corrected chi connectivity index (χ2v) is 10.6. The first kappa shape index (κ1) is 21.0. The van der Waals surface area contributed by atoms with E-state index in [0.717, 1.165) is 25.2 Å². The molecule has 0 amide bonds.